The number of hydrogen-bond acceptors (Lipinski definition) is 7. The van der Waals surface area contributed by atoms with Gasteiger partial charge in [-0.25, -0.2) is 4.99 Å². The van der Waals surface area contributed by atoms with Gasteiger partial charge in [0.2, 0.25) is 5.12 Å². The Labute approximate surface area is 138 Å². The van der Waals surface area contributed by atoms with Crippen LogP contribution < -0.4 is 14.2 Å². The lowest BCUT2D eigenvalue weighted by Crippen LogP contribution is -1.95. The number of thioether (sulfide) groups is 2. The predicted molar refractivity (Wildman–Crippen MR) is 92.2 cm³/mol. The average molecular weight is 339 g/mol. The number of carbonyl (C=O) groups excluding carboxylic acids is 1. The maximum atomic E-state index is 12.0. The number of aliphatic imine (C=N–C) groups is 1. The second-order valence-corrected chi connectivity index (χ2v) is 6.65. The number of carbonyl (C=O) groups is 1. The molecule has 0 fully saturated rings. The Morgan fingerprint density at radius 2 is 1.77 bits per heavy atom. The molecule has 0 spiro atoms. The average Bonchev–Trinajstić information content (AvgIpc) is 2.86. The Balaban J connectivity index is 2.44. The van der Waals surface area contributed by atoms with E-state index in [-0.39, 0.29) is 5.12 Å². The fourth-order valence-corrected chi connectivity index (χ4v) is 3.63. The summed E-state index contributed by atoms with van der Waals surface area (Å²) in [5, 5.41) is -0.0622. The van der Waals surface area contributed by atoms with Crippen molar-refractivity contribution < 1.29 is 19.0 Å². The van der Waals surface area contributed by atoms with Crippen molar-refractivity contribution in [2.75, 3.05) is 27.1 Å². The van der Waals surface area contributed by atoms with Crippen LogP contribution >= 0.6 is 23.5 Å². The largest absolute Gasteiger partial charge is 0.496 e. The minimum Gasteiger partial charge on any atom is -0.496 e. The van der Waals surface area contributed by atoms with Crippen molar-refractivity contribution in [1.82, 2.24) is 0 Å². The number of nitrogens with zero attached hydrogens (tertiary/aromatic N) is 1. The molecular weight excluding hydrogens is 322 g/mol. The van der Waals surface area contributed by atoms with Crippen molar-refractivity contribution in [3.8, 4) is 17.2 Å². The van der Waals surface area contributed by atoms with Crippen molar-refractivity contribution >= 4 is 39.1 Å². The lowest BCUT2D eigenvalue weighted by atomic mass is 10.1. The molecular formula is C15H17NO4S2. The van der Waals surface area contributed by atoms with E-state index in [0.717, 1.165) is 27.5 Å². The number of benzene rings is 1. The van der Waals surface area contributed by atoms with E-state index in [1.54, 1.807) is 51.3 Å². The van der Waals surface area contributed by atoms with Gasteiger partial charge >= 0.3 is 0 Å². The van der Waals surface area contributed by atoms with Gasteiger partial charge in [-0.1, -0.05) is 18.7 Å². The molecule has 1 aliphatic rings. The van der Waals surface area contributed by atoms with Crippen LogP contribution in [0.3, 0.4) is 0 Å². The van der Waals surface area contributed by atoms with Gasteiger partial charge in [-0.3, -0.25) is 4.79 Å². The van der Waals surface area contributed by atoms with Gasteiger partial charge in [0.15, 0.2) is 11.5 Å². The number of hydrogen-bond donors (Lipinski definition) is 0. The summed E-state index contributed by atoms with van der Waals surface area (Å²) in [6, 6.07) is 3.49. The van der Waals surface area contributed by atoms with Crippen molar-refractivity contribution in [2.24, 2.45) is 4.99 Å². The summed E-state index contributed by atoms with van der Waals surface area (Å²) in [7, 11) is 4.69. The highest BCUT2D eigenvalue weighted by Gasteiger charge is 2.23. The normalized spacial score (nSPS) is 15.9. The van der Waals surface area contributed by atoms with Crippen molar-refractivity contribution in [2.45, 2.75) is 6.92 Å². The van der Waals surface area contributed by atoms with Gasteiger partial charge in [-0.05, 0) is 29.7 Å². The van der Waals surface area contributed by atoms with Crippen LogP contribution in [0.1, 0.15) is 12.5 Å². The van der Waals surface area contributed by atoms with E-state index in [9.17, 15) is 4.79 Å². The topological polar surface area (TPSA) is 57.1 Å². The van der Waals surface area contributed by atoms with Crippen LogP contribution in [-0.2, 0) is 4.79 Å². The predicted octanol–water partition coefficient (Wildman–Crippen LogP) is 3.44. The highest BCUT2D eigenvalue weighted by Crippen LogP contribution is 2.37. The summed E-state index contributed by atoms with van der Waals surface area (Å²) >= 11 is 2.71. The van der Waals surface area contributed by atoms with Gasteiger partial charge in [0.05, 0.1) is 21.3 Å². The van der Waals surface area contributed by atoms with Gasteiger partial charge in [0.25, 0.3) is 0 Å². The van der Waals surface area contributed by atoms with Crippen LogP contribution in [0, 0.1) is 0 Å². The molecule has 0 amide bonds. The van der Waals surface area contributed by atoms with Crippen molar-refractivity contribution in [3.63, 3.8) is 0 Å². The molecule has 118 valence electrons. The van der Waals surface area contributed by atoms with Gasteiger partial charge in [0.1, 0.15) is 15.8 Å². The van der Waals surface area contributed by atoms with Gasteiger partial charge in [-0.2, -0.15) is 0 Å². The molecule has 0 saturated carbocycles. The molecule has 1 aliphatic heterocycles. The maximum Gasteiger partial charge on any atom is 0.244 e. The summed E-state index contributed by atoms with van der Waals surface area (Å²) in [6.45, 7) is 2.03. The lowest BCUT2D eigenvalue weighted by Gasteiger charge is -2.12. The monoisotopic (exact) mass is 339 g/mol. The van der Waals surface area contributed by atoms with Crippen LogP contribution in [0.2, 0.25) is 0 Å². The molecule has 22 heavy (non-hydrogen) atoms. The Hall–Kier alpha value is -1.60. The molecule has 0 N–H and O–H groups in total. The van der Waals surface area contributed by atoms with Crippen LogP contribution in [0.15, 0.2) is 22.8 Å². The Kier molecular flexibility index (Phi) is 5.79. The Morgan fingerprint density at radius 3 is 2.36 bits per heavy atom. The molecule has 0 bridgehead atoms. The zero-order valence-electron chi connectivity index (χ0n) is 12.8. The molecule has 0 unspecified atom stereocenters. The van der Waals surface area contributed by atoms with E-state index in [2.05, 4.69) is 4.99 Å². The summed E-state index contributed by atoms with van der Waals surface area (Å²) in [4.78, 5) is 16.4. The van der Waals surface area contributed by atoms with Crippen molar-refractivity contribution in [1.29, 1.82) is 0 Å². The second-order valence-electron chi connectivity index (χ2n) is 4.18. The van der Waals surface area contributed by atoms with E-state index in [1.165, 1.54) is 0 Å². The third-order valence-corrected chi connectivity index (χ3v) is 4.79. The van der Waals surface area contributed by atoms with Crippen LogP contribution in [0.25, 0.3) is 6.08 Å². The summed E-state index contributed by atoms with van der Waals surface area (Å²) in [5.41, 5.74) is 1.13. The third-order valence-electron chi connectivity index (χ3n) is 2.90. The fraction of sp³-hybridized carbons (Fsp3) is 0.333. The lowest BCUT2D eigenvalue weighted by molar-refractivity contribution is -0.107. The third kappa shape index (κ3) is 3.59. The van der Waals surface area contributed by atoms with Crippen LogP contribution in [0.4, 0.5) is 0 Å². The van der Waals surface area contributed by atoms with E-state index in [0.29, 0.717) is 22.9 Å². The fourth-order valence-electron chi connectivity index (χ4n) is 1.89. The highest BCUT2D eigenvalue weighted by molar-refractivity contribution is 8.45. The Bertz CT molecular complexity index is 641. The first kappa shape index (κ1) is 16.8. The zero-order chi connectivity index (χ0) is 16.1. The van der Waals surface area contributed by atoms with E-state index in [4.69, 9.17) is 14.2 Å². The number of rotatable bonds is 5. The molecule has 1 heterocycles. The van der Waals surface area contributed by atoms with E-state index < -0.39 is 0 Å². The molecule has 0 aromatic heterocycles. The molecule has 1 aromatic rings. The molecule has 2 rings (SSSR count). The SMILES string of the molecule is CCSC1=N/C(=C/c2cc(OC)c(OC)cc2OC)C(=O)S1. The second kappa shape index (κ2) is 7.60. The van der Waals surface area contributed by atoms with E-state index >= 15 is 0 Å². The van der Waals surface area contributed by atoms with Crippen molar-refractivity contribution in [3.05, 3.63) is 23.4 Å². The van der Waals surface area contributed by atoms with Gasteiger partial charge in [-0.15, -0.1) is 0 Å². The zero-order valence-corrected chi connectivity index (χ0v) is 14.5. The summed E-state index contributed by atoms with van der Waals surface area (Å²) < 4.78 is 16.7. The minimum atomic E-state index is -0.0622. The Morgan fingerprint density at radius 1 is 1.14 bits per heavy atom. The quantitative estimate of drug-likeness (QED) is 0.766. The number of methoxy groups -OCH3 is 3. The molecule has 0 aliphatic carbocycles. The molecule has 0 atom stereocenters. The van der Waals surface area contributed by atoms with Gasteiger partial charge in [0, 0.05) is 11.6 Å². The molecule has 7 heteroatoms. The van der Waals surface area contributed by atoms with Crippen LogP contribution in [-0.4, -0.2) is 36.6 Å². The minimum absolute atomic E-state index is 0.0622. The molecule has 0 radical (unpaired) electrons. The van der Waals surface area contributed by atoms with E-state index in [1.807, 2.05) is 6.92 Å². The van der Waals surface area contributed by atoms with Gasteiger partial charge < -0.3 is 14.2 Å². The molecule has 0 saturated heterocycles. The number of ether oxygens (including phenoxy) is 3. The maximum absolute atomic E-state index is 12.0. The standard InChI is InChI=1S/C15H17NO4S2/c1-5-21-15-16-10(14(17)22-15)6-9-7-12(19-3)13(20-4)8-11(9)18-2/h6-8H,5H2,1-4H3/b10-6+. The smallest absolute Gasteiger partial charge is 0.244 e. The first-order chi connectivity index (χ1) is 10.6. The summed E-state index contributed by atoms with van der Waals surface area (Å²) in [5.74, 6) is 2.61. The highest BCUT2D eigenvalue weighted by atomic mass is 32.2. The first-order valence-corrected chi connectivity index (χ1v) is 8.38. The molecule has 5 nitrogen and oxygen atoms in total. The molecule has 1 aromatic carbocycles. The first-order valence-electron chi connectivity index (χ1n) is 6.58. The summed E-state index contributed by atoms with van der Waals surface area (Å²) in [6.07, 6.45) is 1.71. The van der Waals surface area contributed by atoms with Crippen LogP contribution in [0.5, 0.6) is 17.2 Å².